The van der Waals surface area contributed by atoms with Gasteiger partial charge in [-0.3, -0.25) is 0 Å². The second-order valence-electron chi connectivity index (χ2n) is 7.87. The van der Waals surface area contributed by atoms with Crippen molar-refractivity contribution in [1.29, 1.82) is 0 Å². The maximum Gasteiger partial charge on any atom is 0.115 e. The number of nitrogens with zero attached hydrogens (tertiary/aromatic N) is 1. The van der Waals surface area contributed by atoms with Gasteiger partial charge in [-0.2, -0.15) is 0 Å². The van der Waals surface area contributed by atoms with Crippen LogP contribution in [0, 0.1) is 12.8 Å². The van der Waals surface area contributed by atoms with E-state index in [9.17, 15) is 5.11 Å². The molecule has 2 aromatic carbocycles. The van der Waals surface area contributed by atoms with E-state index in [0.29, 0.717) is 0 Å². The Kier molecular flexibility index (Phi) is 5.95. The van der Waals surface area contributed by atoms with Crippen molar-refractivity contribution >= 4 is 6.08 Å². The molecule has 0 aromatic heterocycles. The fraction of sp³-hybridized carbons (Fsp3) is 0.417. The Balaban J connectivity index is 2.16. The van der Waals surface area contributed by atoms with Gasteiger partial charge in [0.1, 0.15) is 5.60 Å². The van der Waals surface area contributed by atoms with E-state index in [1.807, 2.05) is 6.07 Å². The van der Waals surface area contributed by atoms with Gasteiger partial charge in [0.05, 0.1) is 0 Å². The average Bonchev–Trinajstić information content (AvgIpc) is 2.77. The molecule has 0 amide bonds. The highest BCUT2D eigenvalue weighted by atomic mass is 16.3. The second kappa shape index (κ2) is 8.20. The summed E-state index contributed by atoms with van der Waals surface area (Å²) in [6, 6.07) is 18.7. The number of benzene rings is 2. The van der Waals surface area contributed by atoms with Crippen LogP contribution in [0.15, 0.2) is 60.2 Å². The largest absolute Gasteiger partial charge is 0.380 e. The lowest BCUT2D eigenvalue weighted by atomic mass is 9.72. The highest BCUT2D eigenvalue weighted by Crippen LogP contribution is 2.46. The second-order valence-corrected chi connectivity index (χ2v) is 7.87. The SMILES string of the molecule is Cc1ccccc1C1(O)C(=Cc2ccccc2)CCCCC1CN(C)C. The molecule has 0 saturated heterocycles. The van der Waals surface area contributed by atoms with Gasteiger partial charge in [0, 0.05) is 12.5 Å². The molecule has 0 spiro atoms. The van der Waals surface area contributed by atoms with Gasteiger partial charge in [-0.1, -0.05) is 67.1 Å². The normalized spacial score (nSPS) is 25.4. The Morgan fingerprint density at radius 1 is 1.04 bits per heavy atom. The van der Waals surface area contributed by atoms with Crippen molar-refractivity contribution < 1.29 is 5.11 Å². The van der Waals surface area contributed by atoms with E-state index >= 15 is 0 Å². The molecule has 0 radical (unpaired) electrons. The Hall–Kier alpha value is -1.90. The number of hydrogen-bond donors (Lipinski definition) is 1. The van der Waals surface area contributed by atoms with Gasteiger partial charge >= 0.3 is 0 Å². The standard InChI is InChI=1S/C24H31NO/c1-19-11-7-10-16-23(19)24(26)21(17-20-12-5-4-6-13-20)14-8-9-15-22(24)18-25(2)3/h4-7,10-13,16-17,22,26H,8-9,14-15,18H2,1-3H3. The van der Waals surface area contributed by atoms with Crippen LogP contribution in [0.25, 0.3) is 6.08 Å². The molecular formula is C24H31NO. The molecule has 3 rings (SSSR count). The first-order valence-electron chi connectivity index (χ1n) is 9.71. The van der Waals surface area contributed by atoms with Crippen molar-refractivity contribution in [3.05, 3.63) is 76.9 Å². The molecule has 2 unspecified atom stereocenters. The van der Waals surface area contributed by atoms with Crippen molar-refractivity contribution in [1.82, 2.24) is 4.90 Å². The van der Waals surface area contributed by atoms with E-state index in [1.165, 1.54) is 17.5 Å². The predicted molar refractivity (Wildman–Crippen MR) is 110 cm³/mol. The van der Waals surface area contributed by atoms with E-state index in [0.717, 1.165) is 36.9 Å². The van der Waals surface area contributed by atoms with Crippen LogP contribution in [-0.2, 0) is 5.60 Å². The lowest BCUT2D eigenvalue weighted by molar-refractivity contribution is -0.0000263. The maximum absolute atomic E-state index is 12.2. The van der Waals surface area contributed by atoms with Crippen molar-refractivity contribution in [2.45, 2.75) is 38.2 Å². The number of aryl methyl sites for hydroxylation is 1. The van der Waals surface area contributed by atoms with E-state index < -0.39 is 5.60 Å². The molecule has 1 aliphatic rings. The summed E-state index contributed by atoms with van der Waals surface area (Å²) in [4.78, 5) is 2.21. The molecule has 2 atom stereocenters. The van der Waals surface area contributed by atoms with Crippen LogP contribution in [0.2, 0.25) is 0 Å². The highest BCUT2D eigenvalue weighted by molar-refractivity contribution is 5.57. The lowest BCUT2D eigenvalue weighted by Crippen LogP contribution is -2.42. The van der Waals surface area contributed by atoms with Crippen molar-refractivity contribution in [3.63, 3.8) is 0 Å². The molecular weight excluding hydrogens is 318 g/mol. The first kappa shape index (κ1) is 18.9. The molecule has 26 heavy (non-hydrogen) atoms. The monoisotopic (exact) mass is 349 g/mol. The van der Waals surface area contributed by atoms with Crippen LogP contribution >= 0.6 is 0 Å². The minimum atomic E-state index is -0.915. The third kappa shape index (κ3) is 3.92. The van der Waals surface area contributed by atoms with Crippen LogP contribution < -0.4 is 0 Å². The molecule has 0 heterocycles. The van der Waals surface area contributed by atoms with Gasteiger partial charge < -0.3 is 10.0 Å². The molecule has 2 nitrogen and oxygen atoms in total. The first-order chi connectivity index (χ1) is 12.5. The fourth-order valence-electron chi connectivity index (χ4n) is 4.36. The molecule has 1 N–H and O–H groups in total. The number of rotatable bonds is 4. The number of hydrogen-bond acceptors (Lipinski definition) is 2. The zero-order chi connectivity index (χ0) is 18.6. The summed E-state index contributed by atoms with van der Waals surface area (Å²) in [6.07, 6.45) is 6.52. The van der Waals surface area contributed by atoms with Gasteiger partial charge in [0.25, 0.3) is 0 Å². The Bertz CT molecular complexity index is 750. The summed E-state index contributed by atoms with van der Waals surface area (Å²) in [7, 11) is 4.20. The summed E-state index contributed by atoms with van der Waals surface area (Å²) in [6.45, 7) is 3.00. The Morgan fingerprint density at radius 2 is 1.73 bits per heavy atom. The van der Waals surface area contributed by atoms with Crippen molar-refractivity contribution in [2.24, 2.45) is 5.92 Å². The third-order valence-corrected chi connectivity index (χ3v) is 5.61. The van der Waals surface area contributed by atoms with Crippen LogP contribution in [-0.4, -0.2) is 30.6 Å². The van der Waals surface area contributed by atoms with Crippen LogP contribution in [0.1, 0.15) is 42.4 Å². The van der Waals surface area contributed by atoms with Crippen LogP contribution in [0.5, 0.6) is 0 Å². The predicted octanol–water partition coefficient (Wildman–Crippen LogP) is 5.02. The van der Waals surface area contributed by atoms with Crippen molar-refractivity contribution in [2.75, 3.05) is 20.6 Å². The van der Waals surface area contributed by atoms with E-state index in [4.69, 9.17) is 0 Å². The summed E-state index contributed by atoms with van der Waals surface area (Å²) in [5, 5.41) is 12.2. The van der Waals surface area contributed by atoms with Gasteiger partial charge in [-0.15, -0.1) is 0 Å². The quantitative estimate of drug-likeness (QED) is 0.784. The van der Waals surface area contributed by atoms with Gasteiger partial charge in [-0.05, 0) is 62.5 Å². The average molecular weight is 350 g/mol. The topological polar surface area (TPSA) is 23.5 Å². The van der Waals surface area contributed by atoms with Crippen LogP contribution in [0.4, 0.5) is 0 Å². The summed E-state index contributed by atoms with van der Waals surface area (Å²) in [5.41, 5.74) is 3.64. The molecule has 2 heteroatoms. The smallest absolute Gasteiger partial charge is 0.115 e. The molecule has 138 valence electrons. The molecule has 1 fully saturated rings. The lowest BCUT2D eigenvalue weighted by Gasteiger charge is -2.40. The molecule has 0 aliphatic heterocycles. The Morgan fingerprint density at radius 3 is 2.42 bits per heavy atom. The van der Waals surface area contributed by atoms with Crippen LogP contribution in [0.3, 0.4) is 0 Å². The maximum atomic E-state index is 12.2. The first-order valence-corrected chi connectivity index (χ1v) is 9.71. The summed E-state index contributed by atoms with van der Waals surface area (Å²) < 4.78 is 0. The minimum Gasteiger partial charge on any atom is -0.380 e. The minimum absolute atomic E-state index is 0.191. The van der Waals surface area contributed by atoms with Gasteiger partial charge in [0.15, 0.2) is 0 Å². The number of aliphatic hydroxyl groups is 1. The summed E-state index contributed by atoms with van der Waals surface area (Å²) in [5.74, 6) is 0.191. The van der Waals surface area contributed by atoms with E-state index in [2.05, 4.69) is 80.5 Å². The molecule has 1 aliphatic carbocycles. The van der Waals surface area contributed by atoms with E-state index in [-0.39, 0.29) is 5.92 Å². The zero-order valence-corrected chi connectivity index (χ0v) is 16.3. The fourth-order valence-corrected chi connectivity index (χ4v) is 4.36. The molecule has 1 saturated carbocycles. The highest BCUT2D eigenvalue weighted by Gasteiger charge is 2.43. The van der Waals surface area contributed by atoms with Gasteiger partial charge in [0.2, 0.25) is 0 Å². The van der Waals surface area contributed by atoms with Gasteiger partial charge in [-0.25, -0.2) is 0 Å². The third-order valence-electron chi connectivity index (χ3n) is 5.61. The zero-order valence-electron chi connectivity index (χ0n) is 16.3. The molecule has 2 aromatic rings. The van der Waals surface area contributed by atoms with Crippen molar-refractivity contribution in [3.8, 4) is 0 Å². The summed E-state index contributed by atoms with van der Waals surface area (Å²) >= 11 is 0. The van der Waals surface area contributed by atoms with E-state index in [1.54, 1.807) is 0 Å². The Labute approximate surface area is 158 Å². The molecule has 0 bridgehead atoms.